The van der Waals surface area contributed by atoms with E-state index in [2.05, 4.69) is 0 Å². The van der Waals surface area contributed by atoms with Crippen molar-refractivity contribution in [3.63, 3.8) is 0 Å². The molecule has 0 saturated carbocycles. The van der Waals surface area contributed by atoms with Gasteiger partial charge < -0.3 is 17.7 Å². The first-order valence-corrected chi connectivity index (χ1v) is 5.74. The maximum Gasteiger partial charge on any atom is 1.00 e. The van der Waals surface area contributed by atoms with Crippen LogP contribution in [0.2, 0.25) is 0 Å². The van der Waals surface area contributed by atoms with Gasteiger partial charge >= 0.3 is 58.4 Å². The summed E-state index contributed by atoms with van der Waals surface area (Å²) in [5, 5.41) is 0. The van der Waals surface area contributed by atoms with Crippen LogP contribution in [0.3, 0.4) is 0 Å². The zero-order chi connectivity index (χ0) is 14.8. The third-order valence-electron chi connectivity index (χ3n) is 2.71. The molecule has 0 amide bonds. The standard InChI is InChI=1S/C13H9BF5O.K/c15-11-5-3-6-12(16)9(11)8-20-13-7-2-1-4-10(13)14(17,18)19;/h1-7H,8H2;/q-1;+1. The number of hydrogen-bond acceptors (Lipinski definition) is 1. The van der Waals surface area contributed by atoms with Crippen LogP contribution in [0.25, 0.3) is 0 Å². The van der Waals surface area contributed by atoms with E-state index in [1.165, 1.54) is 18.2 Å². The molecular formula is C13H9BF5KO. The summed E-state index contributed by atoms with van der Waals surface area (Å²) in [5.74, 6) is -2.16. The molecule has 106 valence electrons. The normalized spacial score (nSPS) is 10.9. The smallest absolute Gasteiger partial charge is 0.492 e. The first-order valence-electron chi connectivity index (χ1n) is 5.74. The molecule has 0 fully saturated rings. The number of para-hydroxylation sites is 1. The fraction of sp³-hybridized carbons (Fsp3) is 0.0769. The van der Waals surface area contributed by atoms with Crippen LogP contribution in [0.15, 0.2) is 42.5 Å². The van der Waals surface area contributed by atoms with Gasteiger partial charge in [-0.25, -0.2) is 8.78 Å². The molecule has 0 aliphatic heterocycles. The molecule has 0 aliphatic rings. The van der Waals surface area contributed by atoms with E-state index in [0.29, 0.717) is 0 Å². The van der Waals surface area contributed by atoms with Gasteiger partial charge in [-0.3, -0.25) is 0 Å². The average molecular weight is 326 g/mol. The van der Waals surface area contributed by atoms with Gasteiger partial charge in [-0.15, -0.1) is 0 Å². The van der Waals surface area contributed by atoms with Crippen molar-refractivity contribution in [3.8, 4) is 5.75 Å². The second kappa shape index (κ2) is 7.73. The molecule has 0 N–H and O–H groups in total. The van der Waals surface area contributed by atoms with Gasteiger partial charge in [0.1, 0.15) is 18.2 Å². The Morgan fingerprint density at radius 1 is 0.857 bits per heavy atom. The number of rotatable bonds is 4. The minimum atomic E-state index is -5.25. The summed E-state index contributed by atoms with van der Waals surface area (Å²) in [6.45, 7) is -5.86. The summed E-state index contributed by atoms with van der Waals surface area (Å²) in [5.41, 5.74) is -1.33. The van der Waals surface area contributed by atoms with Crippen LogP contribution >= 0.6 is 0 Å². The van der Waals surface area contributed by atoms with Crippen LogP contribution in [-0.2, 0) is 6.61 Å². The zero-order valence-electron chi connectivity index (χ0n) is 11.1. The molecule has 0 unspecified atom stereocenters. The minimum Gasteiger partial charge on any atom is -0.492 e. The Bertz CT molecular complexity index is 598. The molecule has 2 aromatic rings. The molecule has 0 saturated heterocycles. The van der Waals surface area contributed by atoms with Gasteiger partial charge in [0, 0.05) is 0 Å². The fourth-order valence-electron chi connectivity index (χ4n) is 1.70. The predicted molar refractivity (Wildman–Crippen MR) is 65.8 cm³/mol. The summed E-state index contributed by atoms with van der Waals surface area (Å²) in [6, 6.07) is 7.76. The summed E-state index contributed by atoms with van der Waals surface area (Å²) < 4.78 is 69.9. The molecule has 0 radical (unpaired) electrons. The van der Waals surface area contributed by atoms with Gasteiger partial charge in [0.25, 0.3) is 0 Å². The summed E-state index contributed by atoms with van der Waals surface area (Å²) in [4.78, 5) is 0. The monoisotopic (exact) mass is 326 g/mol. The Morgan fingerprint density at radius 2 is 1.43 bits per heavy atom. The molecular weight excluding hydrogens is 317 g/mol. The Balaban J connectivity index is 0.00000220. The Labute approximate surface area is 161 Å². The number of hydrogen-bond donors (Lipinski definition) is 0. The van der Waals surface area contributed by atoms with E-state index in [4.69, 9.17) is 4.74 Å². The van der Waals surface area contributed by atoms with Gasteiger partial charge in [-0.2, -0.15) is 0 Å². The van der Waals surface area contributed by atoms with Crippen molar-refractivity contribution in [2.45, 2.75) is 6.61 Å². The van der Waals surface area contributed by atoms with Crippen molar-refractivity contribution in [1.29, 1.82) is 0 Å². The summed E-state index contributed by atoms with van der Waals surface area (Å²) >= 11 is 0. The van der Waals surface area contributed by atoms with E-state index >= 15 is 0 Å². The van der Waals surface area contributed by atoms with Crippen LogP contribution in [0.5, 0.6) is 5.75 Å². The molecule has 0 atom stereocenters. The van der Waals surface area contributed by atoms with E-state index in [1.54, 1.807) is 0 Å². The zero-order valence-corrected chi connectivity index (χ0v) is 14.2. The number of ether oxygens (including phenoxy) is 1. The van der Waals surface area contributed by atoms with Gasteiger partial charge in [-0.1, -0.05) is 29.7 Å². The second-order valence-electron chi connectivity index (χ2n) is 4.10. The van der Waals surface area contributed by atoms with Crippen molar-refractivity contribution in [2.75, 3.05) is 0 Å². The van der Waals surface area contributed by atoms with E-state index in [0.717, 1.165) is 24.3 Å². The largest absolute Gasteiger partial charge is 1.00 e. The van der Waals surface area contributed by atoms with Crippen LogP contribution in [0, 0.1) is 11.6 Å². The van der Waals surface area contributed by atoms with E-state index in [-0.39, 0.29) is 51.4 Å². The minimum absolute atomic E-state index is 0. The predicted octanol–water partition coefficient (Wildman–Crippen LogP) is 0.602. The molecule has 0 aliphatic carbocycles. The fourth-order valence-corrected chi connectivity index (χ4v) is 1.70. The number of halogens is 5. The molecule has 2 rings (SSSR count). The van der Waals surface area contributed by atoms with Crippen LogP contribution < -0.4 is 61.6 Å². The SMILES string of the molecule is Fc1cccc(F)c1COc1ccccc1[B-](F)(F)F.[K+]. The van der Waals surface area contributed by atoms with Crippen molar-refractivity contribution in [2.24, 2.45) is 0 Å². The molecule has 0 heterocycles. The van der Waals surface area contributed by atoms with E-state index in [9.17, 15) is 21.7 Å². The van der Waals surface area contributed by atoms with Crippen molar-refractivity contribution >= 4 is 12.4 Å². The van der Waals surface area contributed by atoms with Crippen LogP contribution in [0.4, 0.5) is 21.7 Å². The first kappa shape index (κ1) is 18.6. The third-order valence-corrected chi connectivity index (χ3v) is 2.71. The summed E-state index contributed by atoms with van der Waals surface area (Å²) in [7, 11) is 0. The van der Waals surface area contributed by atoms with Crippen molar-refractivity contribution in [1.82, 2.24) is 0 Å². The van der Waals surface area contributed by atoms with E-state index < -0.39 is 42.0 Å². The topological polar surface area (TPSA) is 9.23 Å². The van der Waals surface area contributed by atoms with Gasteiger partial charge in [-0.05, 0) is 18.2 Å². The average Bonchev–Trinajstić information content (AvgIpc) is 2.37. The van der Waals surface area contributed by atoms with Gasteiger partial charge in [0.05, 0.1) is 11.3 Å². The van der Waals surface area contributed by atoms with Gasteiger partial charge in [0.2, 0.25) is 0 Å². The third kappa shape index (κ3) is 4.79. The number of benzene rings is 2. The molecule has 21 heavy (non-hydrogen) atoms. The molecule has 8 heteroatoms. The molecule has 1 nitrogen and oxygen atoms in total. The molecule has 0 bridgehead atoms. The van der Waals surface area contributed by atoms with Crippen molar-refractivity contribution < 1.29 is 77.8 Å². The maximum atomic E-state index is 13.3. The van der Waals surface area contributed by atoms with Crippen LogP contribution in [0.1, 0.15) is 5.56 Å². The first-order chi connectivity index (χ1) is 9.39. The summed E-state index contributed by atoms with van der Waals surface area (Å²) in [6.07, 6.45) is 0. The second-order valence-corrected chi connectivity index (χ2v) is 4.10. The van der Waals surface area contributed by atoms with E-state index in [1.807, 2.05) is 0 Å². The van der Waals surface area contributed by atoms with Crippen molar-refractivity contribution in [3.05, 3.63) is 59.7 Å². The quantitative estimate of drug-likeness (QED) is 0.591. The Hall–Kier alpha value is -0.409. The Morgan fingerprint density at radius 3 is 2.00 bits per heavy atom. The van der Waals surface area contributed by atoms with Crippen LogP contribution in [-0.4, -0.2) is 6.98 Å². The molecule has 2 aromatic carbocycles. The molecule has 0 aromatic heterocycles. The molecule has 0 spiro atoms. The Kier molecular flexibility index (Phi) is 6.86. The van der Waals surface area contributed by atoms with Gasteiger partial charge in [0.15, 0.2) is 0 Å². The maximum absolute atomic E-state index is 13.3.